The van der Waals surface area contributed by atoms with Crippen LogP contribution in [0.4, 0.5) is 0 Å². The Kier molecular flexibility index (Phi) is 4.96. The number of nitrogens with zero attached hydrogens (tertiary/aromatic N) is 4. The standard InChI is InChI=1S/C25H22N4O2/c30-24-8-2-1-7-21(24)23-16-22(19-6-5-13-26-17-19)27-29(23)25(31)18-9-11-20(12-10-18)28-14-3-4-15-28/h1,3-7,9-15,17,23,30H,2,8,16H2. The van der Waals surface area contributed by atoms with E-state index in [0.717, 1.165) is 29.0 Å². The molecule has 1 aromatic carbocycles. The number of hydrogen-bond acceptors (Lipinski definition) is 4. The van der Waals surface area contributed by atoms with Gasteiger partial charge in [0.1, 0.15) is 0 Å². The van der Waals surface area contributed by atoms with E-state index in [1.807, 2.05) is 77.6 Å². The van der Waals surface area contributed by atoms with Crippen LogP contribution >= 0.6 is 0 Å². The number of aliphatic hydroxyl groups excluding tert-OH is 1. The molecule has 0 spiro atoms. The van der Waals surface area contributed by atoms with Crippen molar-refractivity contribution < 1.29 is 9.90 Å². The van der Waals surface area contributed by atoms with Crippen molar-refractivity contribution in [2.45, 2.75) is 25.3 Å². The maximum Gasteiger partial charge on any atom is 0.274 e. The van der Waals surface area contributed by atoms with Gasteiger partial charge in [-0.05, 0) is 48.9 Å². The van der Waals surface area contributed by atoms with Crippen LogP contribution in [0.15, 0.2) is 102 Å². The highest BCUT2D eigenvalue weighted by molar-refractivity contribution is 6.05. The molecule has 3 heterocycles. The Bertz CT molecular complexity index is 1180. The third kappa shape index (κ3) is 3.68. The van der Waals surface area contributed by atoms with Gasteiger partial charge in [-0.3, -0.25) is 9.78 Å². The Hall–Kier alpha value is -3.93. The number of carbonyl (C=O) groups is 1. The molecule has 31 heavy (non-hydrogen) atoms. The lowest BCUT2D eigenvalue weighted by Gasteiger charge is -2.25. The summed E-state index contributed by atoms with van der Waals surface area (Å²) < 4.78 is 1.99. The highest BCUT2D eigenvalue weighted by atomic mass is 16.3. The Morgan fingerprint density at radius 2 is 1.87 bits per heavy atom. The van der Waals surface area contributed by atoms with Crippen LogP contribution in [0, 0.1) is 0 Å². The van der Waals surface area contributed by atoms with Crippen molar-refractivity contribution in [2.75, 3.05) is 0 Å². The van der Waals surface area contributed by atoms with Crippen molar-refractivity contribution in [1.29, 1.82) is 0 Å². The Morgan fingerprint density at radius 1 is 1.06 bits per heavy atom. The molecule has 2 aliphatic rings. The number of benzene rings is 1. The topological polar surface area (TPSA) is 70.7 Å². The average molecular weight is 410 g/mol. The highest BCUT2D eigenvalue weighted by Crippen LogP contribution is 2.31. The predicted molar refractivity (Wildman–Crippen MR) is 119 cm³/mol. The van der Waals surface area contributed by atoms with Gasteiger partial charge in [-0.2, -0.15) is 5.10 Å². The Labute approximate surface area is 180 Å². The molecule has 0 fully saturated rings. The molecule has 0 radical (unpaired) electrons. The third-order valence-electron chi connectivity index (χ3n) is 5.67. The number of hydrogen-bond donors (Lipinski definition) is 1. The predicted octanol–water partition coefficient (Wildman–Crippen LogP) is 4.65. The lowest BCUT2D eigenvalue weighted by atomic mass is 9.93. The zero-order valence-electron chi connectivity index (χ0n) is 16.9. The van der Waals surface area contributed by atoms with E-state index < -0.39 is 0 Å². The van der Waals surface area contributed by atoms with Gasteiger partial charge >= 0.3 is 0 Å². The molecule has 0 saturated carbocycles. The normalized spacial score (nSPS) is 18.4. The number of amides is 1. The molecule has 2 aromatic heterocycles. The summed E-state index contributed by atoms with van der Waals surface area (Å²) in [5.74, 6) is 0.137. The molecule has 1 amide bonds. The van der Waals surface area contributed by atoms with Gasteiger partial charge < -0.3 is 9.67 Å². The van der Waals surface area contributed by atoms with Crippen molar-refractivity contribution in [3.63, 3.8) is 0 Å². The quantitative estimate of drug-likeness (QED) is 0.680. The number of aromatic nitrogens is 2. The molecule has 0 bridgehead atoms. The second-order valence-electron chi connectivity index (χ2n) is 7.64. The summed E-state index contributed by atoms with van der Waals surface area (Å²) in [6.45, 7) is 0. The second-order valence-corrected chi connectivity index (χ2v) is 7.64. The van der Waals surface area contributed by atoms with Crippen LogP contribution < -0.4 is 0 Å². The van der Waals surface area contributed by atoms with Gasteiger partial charge in [-0.15, -0.1) is 0 Å². The molecular formula is C25H22N4O2. The van der Waals surface area contributed by atoms with Crippen LogP contribution in [0.2, 0.25) is 0 Å². The lowest BCUT2D eigenvalue weighted by molar-refractivity contribution is 0.0734. The van der Waals surface area contributed by atoms with Crippen LogP contribution in [0.1, 0.15) is 35.2 Å². The van der Waals surface area contributed by atoms with Crippen LogP contribution in [0.5, 0.6) is 0 Å². The molecule has 5 rings (SSSR count). The summed E-state index contributed by atoms with van der Waals surface area (Å²) in [6.07, 6.45) is 13.2. The number of aliphatic hydroxyl groups is 1. The fraction of sp³-hybridized carbons (Fsp3) is 0.160. The number of carbonyl (C=O) groups excluding carboxylic acids is 1. The van der Waals surface area contributed by atoms with Crippen molar-refractivity contribution in [3.05, 3.63) is 108 Å². The minimum absolute atomic E-state index is 0.192. The monoisotopic (exact) mass is 410 g/mol. The summed E-state index contributed by atoms with van der Waals surface area (Å²) in [6, 6.07) is 14.8. The van der Waals surface area contributed by atoms with Gasteiger partial charge in [-0.25, -0.2) is 5.01 Å². The summed E-state index contributed by atoms with van der Waals surface area (Å²) in [5, 5.41) is 16.7. The molecular weight excluding hydrogens is 388 g/mol. The minimum atomic E-state index is -0.344. The van der Waals surface area contributed by atoms with Crippen molar-refractivity contribution in [3.8, 4) is 5.69 Å². The Morgan fingerprint density at radius 3 is 2.58 bits per heavy atom. The number of allylic oxidation sites excluding steroid dienone is 2. The molecule has 1 atom stereocenters. The van der Waals surface area contributed by atoms with Gasteiger partial charge in [0, 0.05) is 60.0 Å². The minimum Gasteiger partial charge on any atom is -0.512 e. The van der Waals surface area contributed by atoms with Crippen LogP contribution in [-0.4, -0.2) is 37.3 Å². The molecule has 1 aliphatic heterocycles. The van der Waals surface area contributed by atoms with Crippen LogP contribution in [0.25, 0.3) is 5.69 Å². The number of rotatable bonds is 4. The van der Waals surface area contributed by atoms with E-state index in [2.05, 4.69) is 10.1 Å². The molecule has 1 N–H and O–H groups in total. The van der Waals surface area contributed by atoms with Gasteiger partial charge in [0.25, 0.3) is 5.91 Å². The van der Waals surface area contributed by atoms with Crippen molar-refractivity contribution in [2.24, 2.45) is 5.10 Å². The SMILES string of the molecule is O=C(c1ccc(-n2cccc2)cc1)N1N=C(c2cccnc2)CC1C1=C(O)CCC=C1. The lowest BCUT2D eigenvalue weighted by Crippen LogP contribution is -2.34. The third-order valence-corrected chi connectivity index (χ3v) is 5.67. The summed E-state index contributed by atoms with van der Waals surface area (Å²) in [4.78, 5) is 17.6. The Balaban J connectivity index is 1.49. The van der Waals surface area contributed by atoms with Gasteiger partial charge in [-0.1, -0.05) is 18.2 Å². The molecule has 1 aliphatic carbocycles. The zero-order valence-corrected chi connectivity index (χ0v) is 16.9. The van der Waals surface area contributed by atoms with E-state index in [9.17, 15) is 9.90 Å². The number of hydrazone groups is 1. The van der Waals surface area contributed by atoms with E-state index in [-0.39, 0.29) is 11.9 Å². The molecule has 1 unspecified atom stereocenters. The zero-order chi connectivity index (χ0) is 21.2. The van der Waals surface area contributed by atoms with Crippen molar-refractivity contribution >= 4 is 11.6 Å². The van der Waals surface area contributed by atoms with Crippen LogP contribution in [-0.2, 0) is 0 Å². The van der Waals surface area contributed by atoms with Crippen molar-refractivity contribution in [1.82, 2.24) is 14.6 Å². The van der Waals surface area contributed by atoms with Gasteiger partial charge in [0.15, 0.2) is 0 Å². The maximum absolute atomic E-state index is 13.4. The summed E-state index contributed by atoms with van der Waals surface area (Å²) in [5.41, 5.74) is 3.96. The highest BCUT2D eigenvalue weighted by Gasteiger charge is 2.36. The van der Waals surface area contributed by atoms with E-state index in [1.165, 1.54) is 5.01 Å². The summed E-state index contributed by atoms with van der Waals surface area (Å²) >= 11 is 0. The van der Waals surface area contributed by atoms with Crippen LogP contribution in [0.3, 0.4) is 0 Å². The first kappa shape index (κ1) is 19.1. The molecule has 154 valence electrons. The van der Waals surface area contributed by atoms with E-state index in [1.54, 1.807) is 12.4 Å². The summed E-state index contributed by atoms with van der Waals surface area (Å²) in [7, 11) is 0. The van der Waals surface area contributed by atoms with Gasteiger partial charge in [0.2, 0.25) is 0 Å². The molecule has 6 heteroatoms. The van der Waals surface area contributed by atoms with E-state index in [4.69, 9.17) is 0 Å². The fourth-order valence-electron chi connectivity index (χ4n) is 4.04. The molecule has 0 saturated heterocycles. The largest absolute Gasteiger partial charge is 0.512 e. The second kappa shape index (κ2) is 8.07. The first-order chi connectivity index (χ1) is 15.2. The first-order valence-corrected chi connectivity index (χ1v) is 10.3. The average Bonchev–Trinajstić information content (AvgIpc) is 3.50. The first-order valence-electron chi connectivity index (χ1n) is 10.3. The number of pyridine rings is 1. The fourth-order valence-corrected chi connectivity index (χ4v) is 4.04. The van der Waals surface area contributed by atoms with E-state index in [0.29, 0.717) is 24.2 Å². The molecule has 3 aromatic rings. The van der Waals surface area contributed by atoms with E-state index >= 15 is 0 Å². The smallest absolute Gasteiger partial charge is 0.274 e. The molecule has 6 nitrogen and oxygen atoms in total. The maximum atomic E-state index is 13.4. The van der Waals surface area contributed by atoms with Gasteiger partial charge in [0.05, 0.1) is 17.5 Å².